The van der Waals surface area contributed by atoms with E-state index < -0.39 is 6.04 Å². The lowest BCUT2D eigenvalue weighted by atomic mass is 10.0. The summed E-state index contributed by atoms with van der Waals surface area (Å²) < 4.78 is 0. The number of rotatable bonds is 7. The van der Waals surface area contributed by atoms with Gasteiger partial charge in [-0.3, -0.25) is 9.59 Å². The van der Waals surface area contributed by atoms with E-state index in [4.69, 9.17) is 5.73 Å². The molecule has 1 fully saturated rings. The lowest BCUT2D eigenvalue weighted by molar-refractivity contribution is -0.136. The zero-order valence-corrected chi connectivity index (χ0v) is 10.9. The van der Waals surface area contributed by atoms with Crippen LogP contribution in [0.4, 0.5) is 0 Å². The number of hydrogen-bond donors (Lipinski definition) is 1. The van der Waals surface area contributed by atoms with Gasteiger partial charge in [0.1, 0.15) is 6.04 Å². The van der Waals surface area contributed by atoms with E-state index in [-0.39, 0.29) is 11.8 Å². The Morgan fingerprint density at radius 1 is 1.47 bits per heavy atom. The predicted octanol–water partition coefficient (Wildman–Crippen LogP) is 1.68. The second-order valence-electron chi connectivity index (χ2n) is 4.94. The topological polar surface area (TPSA) is 63.4 Å². The van der Waals surface area contributed by atoms with Gasteiger partial charge in [0.15, 0.2) is 0 Å². The molecule has 0 saturated carbocycles. The third kappa shape index (κ3) is 3.72. The van der Waals surface area contributed by atoms with Gasteiger partial charge in [-0.1, -0.05) is 33.1 Å². The van der Waals surface area contributed by atoms with Crippen LogP contribution in [0.3, 0.4) is 0 Å². The molecular formula is C13H24N2O2. The minimum atomic E-state index is -0.404. The standard InChI is InChI=1S/C13H24N2O2/c1-3-5-6-7-10-8-12(16)15(9-10)11(4-2)13(14)17/h10-11H,3-9H2,1-2H3,(H2,14,17)/t10-,11-/m0/s1. The first-order valence-corrected chi connectivity index (χ1v) is 6.68. The molecular weight excluding hydrogens is 216 g/mol. The Labute approximate surface area is 104 Å². The SMILES string of the molecule is CCCCC[C@H]1CC(=O)N([C@@H](CC)C(N)=O)C1. The van der Waals surface area contributed by atoms with Crippen molar-refractivity contribution in [1.29, 1.82) is 0 Å². The number of primary amides is 1. The summed E-state index contributed by atoms with van der Waals surface area (Å²) in [5.41, 5.74) is 5.32. The van der Waals surface area contributed by atoms with Gasteiger partial charge in [0.25, 0.3) is 0 Å². The summed E-state index contributed by atoms with van der Waals surface area (Å²) in [6.07, 6.45) is 5.89. The molecule has 1 aliphatic rings. The molecule has 0 aromatic carbocycles. The molecule has 1 saturated heterocycles. The monoisotopic (exact) mass is 240 g/mol. The fourth-order valence-electron chi connectivity index (χ4n) is 2.56. The Kier molecular flexibility index (Phi) is 5.45. The summed E-state index contributed by atoms with van der Waals surface area (Å²) in [5, 5.41) is 0. The highest BCUT2D eigenvalue weighted by molar-refractivity contribution is 5.87. The maximum atomic E-state index is 11.8. The van der Waals surface area contributed by atoms with Crippen molar-refractivity contribution in [2.24, 2.45) is 11.7 Å². The molecule has 0 unspecified atom stereocenters. The fourth-order valence-corrected chi connectivity index (χ4v) is 2.56. The number of hydrogen-bond acceptors (Lipinski definition) is 2. The number of unbranched alkanes of at least 4 members (excludes halogenated alkanes) is 2. The third-order valence-corrected chi connectivity index (χ3v) is 3.55. The summed E-state index contributed by atoms with van der Waals surface area (Å²) in [5.74, 6) is 0.134. The normalized spacial score (nSPS) is 21.9. The highest BCUT2D eigenvalue weighted by Crippen LogP contribution is 2.25. The van der Waals surface area contributed by atoms with E-state index in [9.17, 15) is 9.59 Å². The largest absolute Gasteiger partial charge is 0.368 e. The van der Waals surface area contributed by atoms with Crippen LogP contribution in [0.2, 0.25) is 0 Å². The first-order chi connectivity index (χ1) is 8.10. The second-order valence-corrected chi connectivity index (χ2v) is 4.94. The Balaban J connectivity index is 2.48. The minimum absolute atomic E-state index is 0.0946. The summed E-state index contributed by atoms with van der Waals surface area (Å²) in [6, 6.07) is -0.404. The summed E-state index contributed by atoms with van der Waals surface area (Å²) in [6.45, 7) is 4.78. The lowest BCUT2D eigenvalue weighted by Gasteiger charge is -2.24. The molecule has 0 radical (unpaired) electrons. The Morgan fingerprint density at radius 2 is 2.18 bits per heavy atom. The van der Waals surface area contributed by atoms with Crippen molar-refractivity contribution in [3.8, 4) is 0 Å². The highest BCUT2D eigenvalue weighted by atomic mass is 16.2. The minimum Gasteiger partial charge on any atom is -0.368 e. The van der Waals surface area contributed by atoms with E-state index in [1.54, 1.807) is 4.90 Å². The molecule has 0 spiro atoms. The van der Waals surface area contributed by atoms with Crippen LogP contribution in [0.15, 0.2) is 0 Å². The zero-order valence-electron chi connectivity index (χ0n) is 10.9. The van der Waals surface area contributed by atoms with Crippen molar-refractivity contribution in [2.75, 3.05) is 6.54 Å². The van der Waals surface area contributed by atoms with Gasteiger partial charge in [0, 0.05) is 13.0 Å². The van der Waals surface area contributed by atoms with Gasteiger partial charge in [-0.2, -0.15) is 0 Å². The van der Waals surface area contributed by atoms with Crippen LogP contribution in [0.5, 0.6) is 0 Å². The van der Waals surface area contributed by atoms with Crippen LogP contribution >= 0.6 is 0 Å². The molecule has 4 nitrogen and oxygen atoms in total. The van der Waals surface area contributed by atoms with Crippen LogP contribution in [-0.4, -0.2) is 29.3 Å². The maximum absolute atomic E-state index is 11.8. The van der Waals surface area contributed by atoms with Crippen molar-refractivity contribution >= 4 is 11.8 Å². The summed E-state index contributed by atoms with van der Waals surface area (Å²) in [4.78, 5) is 24.8. The first kappa shape index (κ1) is 14.0. The average Bonchev–Trinajstić information content (AvgIpc) is 2.61. The molecule has 0 aromatic heterocycles. The Morgan fingerprint density at radius 3 is 2.71 bits per heavy atom. The molecule has 0 aliphatic carbocycles. The van der Waals surface area contributed by atoms with Crippen LogP contribution in [0, 0.1) is 5.92 Å². The second kappa shape index (κ2) is 6.62. The molecule has 1 rings (SSSR count). The molecule has 2 amide bonds. The molecule has 0 bridgehead atoms. The van der Waals surface area contributed by atoms with E-state index in [1.807, 2.05) is 6.92 Å². The molecule has 0 aromatic rings. The van der Waals surface area contributed by atoms with Gasteiger partial charge in [-0.25, -0.2) is 0 Å². The van der Waals surface area contributed by atoms with Gasteiger partial charge >= 0.3 is 0 Å². The zero-order chi connectivity index (χ0) is 12.8. The van der Waals surface area contributed by atoms with Crippen molar-refractivity contribution in [3.63, 3.8) is 0 Å². The molecule has 1 aliphatic heterocycles. The summed E-state index contributed by atoms with van der Waals surface area (Å²) in [7, 11) is 0. The van der Waals surface area contributed by atoms with E-state index in [0.717, 1.165) is 6.42 Å². The van der Waals surface area contributed by atoms with Crippen LogP contribution < -0.4 is 5.73 Å². The van der Waals surface area contributed by atoms with Crippen molar-refractivity contribution in [1.82, 2.24) is 4.90 Å². The van der Waals surface area contributed by atoms with E-state index in [0.29, 0.717) is 25.3 Å². The molecule has 4 heteroatoms. The number of amides is 2. The number of nitrogens with zero attached hydrogens (tertiary/aromatic N) is 1. The van der Waals surface area contributed by atoms with Crippen molar-refractivity contribution in [2.45, 2.75) is 58.4 Å². The van der Waals surface area contributed by atoms with E-state index in [1.165, 1.54) is 19.3 Å². The van der Waals surface area contributed by atoms with Gasteiger partial charge in [-0.05, 0) is 18.8 Å². The predicted molar refractivity (Wildman–Crippen MR) is 67.2 cm³/mol. The third-order valence-electron chi connectivity index (χ3n) is 3.55. The van der Waals surface area contributed by atoms with Gasteiger partial charge in [0.2, 0.25) is 11.8 Å². The Hall–Kier alpha value is -1.06. The fraction of sp³-hybridized carbons (Fsp3) is 0.846. The van der Waals surface area contributed by atoms with Gasteiger partial charge < -0.3 is 10.6 Å². The van der Waals surface area contributed by atoms with Crippen molar-refractivity contribution < 1.29 is 9.59 Å². The van der Waals surface area contributed by atoms with E-state index in [2.05, 4.69) is 6.92 Å². The number of carbonyl (C=O) groups excluding carboxylic acids is 2. The maximum Gasteiger partial charge on any atom is 0.240 e. The Bertz CT molecular complexity index is 279. The highest BCUT2D eigenvalue weighted by Gasteiger charge is 2.35. The summed E-state index contributed by atoms with van der Waals surface area (Å²) >= 11 is 0. The van der Waals surface area contributed by atoms with Gasteiger partial charge in [-0.15, -0.1) is 0 Å². The van der Waals surface area contributed by atoms with Gasteiger partial charge in [0.05, 0.1) is 0 Å². The average molecular weight is 240 g/mol. The first-order valence-electron chi connectivity index (χ1n) is 6.68. The molecule has 2 atom stereocenters. The molecule has 2 N–H and O–H groups in total. The number of carbonyl (C=O) groups is 2. The molecule has 17 heavy (non-hydrogen) atoms. The van der Waals surface area contributed by atoms with E-state index >= 15 is 0 Å². The smallest absolute Gasteiger partial charge is 0.240 e. The number of nitrogens with two attached hydrogens (primary N) is 1. The molecule has 1 heterocycles. The number of likely N-dealkylation sites (tertiary alicyclic amines) is 1. The van der Waals surface area contributed by atoms with Crippen LogP contribution in [0.25, 0.3) is 0 Å². The molecule has 98 valence electrons. The lowest BCUT2D eigenvalue weighted by Crippen LogP contribution is -2.45. The van der Waals surface area contributed by atoms with Crippen molar-refractivity contribution in [3.05, 3.63) is 0 Å². The van der Waals surface area contributed by atoms with Crippen LogP contribution in [0.1, 0.15) is 52.4 Å². The van der Waals surface area contributed by atoms with Crippen LogP contribution in [-0.2, 0) is 9.59 Å². The quantitative estimate of drug-likeness (QED) is 0.688.